The first-order valence-electron chi connectivity index (χ1n) is 5.55. The molecule has 1 aromatic heterocycles. The van der Waals surface area contributed by atoms with E-state index in [4.69, 9.17) is 10.2 Å². The maximum absolute atomic E-state index is 12.1. The fourth-order valence-corrected chi connectivity index (χ4v) is 1.47. The lowest BCUT2D eigenvalue weighted by molar-refractivity contribution is -0.143. The molecule has 7 nitrogen and oxygen atoms in total. The molecular weight excluding hydrogens is 252 g/mol. The van der Waals surface area contributed by atoms with Crippen LogP contribution in [0.25, 0.3) is 0 Å². The van der Waals surface area contributed by atoms with Crippen molar-refractivity contribution in [1.82, 2.24) is 9.88 Å². The van der Waals surface area contributed by atoms with E-state index in [1.807, 2.05) is 0 Å². The minimum atomic E-state index is -1.19. The third-order valence-corrected chi connectivity index (χ3v) is 2.46. The van der Waals surface area contributed by atoms with Gasteiger partial charge in [0, 0.05) is 24.5 Å². The van der Waals surface area contributed by atoms with Crippen LogP contribution in [0.1, 0.15) is 17.3 Å². The Kier molecular flexibility index (Phi) is 4.99. The van der Waals surface area contributed by atoms with Gasteiger partial charge in [-0.1, -0.05) is 6.92 Å². The molecule has 0 radical (unpaired) electrons. The van der Waals surface area contributed by atoms with E-state index in [0.717, 1.165) is 4.90 Å². The van der Waals surface area contributed by atoms with Gasteiger partial charge in [0.25, 0.3) is 5.91 Å². The van der Waals surface area contributed by atoms with E-state index in [1.54, 1.807) is 0 Å². The summed E-state index contributed by atoms with van der Waals surface area (Å²) in [6.45, 7) is 0.707. The van der Waals surface area contributed by atoms with E-state index < -0.39 is 30.3 Å². The van der Waals surface area contributed by atoms with E-state index in [9.17, 15) is 14.4 Å². The Bertz CT molecular complexity index is 474. The monoisotopic (exact) mass is 266 g/mol. The predicted molar refractivity (Wildman–Crippen MR) is 64.6 cm³/mol. The van der Waals surface area contributed by atoms with E-state index in [2.05, 4.69) is 4.98 Å². The van der Waals surface area contributed by atoms with Crippen molar-refractivity contribution >= 4 is 17.8 Å². The number of rotatable bonds is 6. The second kappa shape index (κ2) is 6.48. The highest BCUT2D eigenvalue weighted by atomic mass is 16.4. The zero-order valence-electron chi connectivity index (χ0n) is 10.3. The Morgan fingerprint density at radius 3 is 2.32 bits per heavy atom. The Morgan fingerprint density at radius 1 is 1.26 bits per heavy atom. The second-order valence-electron chi connectivity index (χ2n) is 4.05. The molecule has 0 spiro atoms. The van der Waals surface area contributed by atoms with Crippen LogP contribution in [0.15, 0.2) is 24.5 Å². The van der Waals surface area contributed by atoms with Crippen molar-refractivity contribution in [2.45, 2.75) is 6.92 Å². The fraction of sp³-hybridized carbons (Fsp3) is 0.333. The number of carboxylic acid groups (broad SMARTS) is 2. The van der Waals surface area contributed by atoms with Crippen LogP contribution in [0.5, 0.6) is 0 Å². The molecule has 1 aromatic rings. The predicted octanol–water partition coefficient (Wildman–Crippen LogP) is 0.329. The second-order valence-corrected chi connectivity index (χ2v) is 4.05. The summed E-state index contributed by atoms with van der Waals surface area (Å²) in [6, 6.07) is 2.89. The number of pyridine rings is 1. The SMILES string of the molecule is CC(CN(CC(=O)O)C(=O)c1ccncc1)C(=O)O. The van der Waals surface area contributed by atoms with Gasteiger partial charge >= 0.3 is 11.9 Å². The third-order valence-electron chi connectivity index (χ3n) is 2.46. The van der Waals surface area contributed by atoms with Crippen LogP contribution in [0, 0.1) is 5.92 Å². The van der Waals surface area contributed by atoms with Crippen molar-refractivity contribution in [1.29, 1.82) is 0 Å². The molecule has 0 aliphatic rings. The summed E-state index contributed by atoms with van der Waals surface area (Å²) in [5.41, 5.74) is 0.272. The molecular formula is C12H14N2O5. The average molecular weight is 266 g/mol. The fourth-order valence-electron chi connectivity index (χ4n) is 1.47. The highest BCUT2D eigenvalue weighted by Gasteiger charge is 2.23. The molecule has 1 heterocycles. The summed E-state index contributed by atoms with van der Waals surface area (Å²) in [7, 11) is 0. The number of aliphatic carboxylic acids is 2. The van der Waals surface area contributed by atoms with Crippen LogP contribution in [-0.4, -0.2) is 51.0 Å². The van der Waals surface area contributed by atoms with Crippen LogP contribution in [-0.2, 0) is 9.59 Å². The van der Waals surface area contributed by atoms with Gasteiger partial charge < -0.3 is 15.1 Å². The lowest BCUT2D eigenvalue weighted by atomic mass is 10.1. The maximum atomic E-state index is 12.1. The van der Waals surface area contributed by atoms with Crippen molar-refractivity contribution in [2.75, 3.05) is 13.1 Å². The lowest BCUT2D eigenvalue weighted by Gasteiger charge is -2.22. The molecule has 1 amide bonds. The third kappa shape index (κ3) is 4.38. The molecule has 0 aliphatic heterocycles. The summed E-state index contributed by atoms with van der Waals surface area (Å²) in [5, 5.41) is 17.6. The summed E-state index contributed by atoms with van der Waals surface area (Å²) in [5.74, 6) is -3.65. The molecule has 2 N–H and O–H groups in total. The highest BCUT2D eigenvalue weighted by molar-refractivity contribution is 5.95. The lowest BCUT2D eigenvalue weighted by Crippen LogP contribution is -2.40. The molecule has 0 bridgehead atoms. The van der Waals surface area contributed by atoms with Gasteiger partial charge in [-0.15, -0.1) is 0 Å². The molecule has 102 valence electrons. The number of nitrogens with zero attached hydrogens (tertiary/aromatic N) is 2. The number of aromatic nitrogens is 1. The Hall–Kier alpha value is -2.44. The quantitative estimate of drug-likeness (QED) is 0.768. The molecule has 0 saturated carbocycles. The average Bonchev–Trinajstić information content (AvgIpc) is 2.37. The van der Waals surface area contributed by atoms with Crippen LogP contribution in [0.4, 0.5) is 0 Å². The minimum absolute atomic E-state index is 0.164. The van der Waals surface area contributed by atoms with E-state index >= 15 is 0 Å². The Morgan fingerprint density at radius 2 is 1.84 bits per heavy atom. The standard InChI is InChI=1S/C12H14N2O5/c1-8(12(18)19)6-14(7-10(15)16)11(17)9-2-4-13-5-3-9/h2-5,8H,6-7H2,1H3,(H,15,16)(H,18,19). The summed E-state index contributed by atoms with van der Waals surface area (Å²) < 4.78 is 0. The molecule has 1 unspecified atom stereocenters. The number of carboxylic acids is 2. The van der Waals surface area contributed by atoms with Crippen molar-refractivity contribution in [3.8, 4) is 0 Å². The molecule has 0 fully saturated rings. The first-order valence-corrected chi connectivity index (χ1v) is 5.55. The maximum Gasteiger partial charge on any atom is 0.323 e. The first-order chi connectivity index (χ1) is 8.91. The van der Waals surface area contributed by atoms with Gasteiger partial charge in [0.05, 0.1) is 5.92 Å². The van der Waals surface area contributed by atoms with E-state index in [0.29, 0.717) is 0 Å². The van der Waals surface area contributed by atoms with Gasteiger partial charge in [0.15, 0.2) is 0 Å². The zero-order chi connectivity index (χ0) is 14.4. The highest BCUT2D eigenvalue weighted by Crippen LogP contribution is 2.07. The van der Waals surface area contributed by atoms with Gasteiger partial charge in [-0.05, 0) is 12.1 Å². The largest absolute Gasteiger partial charge is 0.481 e. The molecule has 0 aromatic carbocycles. The normalized spacial score (nSPS) is 11.6. The number of carbonyl (C=O) groups is 3. The van der Waals surface area contributed by atoms with Gasteiger partial charge in [-0.3, -0.25) is 19.4 Å². The van der Waals surface area contributed by atoms with E-state index in [1.165, 1.54) is 31.5 Å². The molecule has 19 heavy (non-hydrogen) atoms. The zero-order valence-corrected chi connectivity index (χ0v) is 10.3. The molecule has 0 aliphatic carbocycles. The number of carbonyl (C=O) groups excluding carboxylic acids is 1. The van der Waals surface area contributed by atoms with Gasteiger partial charge in [-0.2, -0.15) is 0 Å². The molecule has 0 saturated heterocycles. The Labute approximate surface area is 109 Å². The van der Waals surface area contributed by atoms with Crippen molar-refractivity contribution in [3.63, 3.8) is 0 Å². The van der Waals surface area contributed by atoms with Crippen LogP contribution in [0.3, 0.4) is 0 Å². The first kappa shape index (κ1) is 14.6. The van der Waals surface area contributed by atoms with Gasteiger partial charge in [-0.25, -0.2) is 0 Å². The summed E-state index contributed by atoms with van der Waals surface area (Å²) in [4.78, 5) is 38.4. The topological polar surface area (TPSA) is 108 Å². The van der Waals surface area contributed by atoms with Crippen LogP contribution >= 0.6 is 0 Å². The van der Waals surface area contributed by atoms with E-state index in [-0.39, 0.29) is 12.1 Å². The summed E-state index contributed by atoms with van der Waals surface area (Å²) >= 11 is 0. The van der Waals surface area contributed by atoms with Gasteiger partial charge in [0.2, 0.25) is 0 Å². The van der Waals surface area contributed by atoms with Crippen LogP contribution < -0.4 is 0 Å². The van der Waals surface area contributed by atoms with Crippen LogP contribution in [0.2, 0.25) is 0 Å². The number of hydrogen-bond donors (Lipinski definition) is 2. The minimum Gasteiger partial charge on any atom is -0.481 e. The molecule has 1 atom stereocenters. The summed E-state index contributed by atoms with van der Waals surface area (Å²) in [6.07, 6.45) is 2.82. The number of hydrogen-bond acceptors (Lipinski definition) is 4. The Balaban J connectivity index is 2.87. The number of amides is 1. The van der Waals surface area contributed by atoms with Crippen molar-refractivity contribution in [2.24, 2.45) is 5.92 Å². The smallest absolute Gasteiger partial charge is 0.323 e. The van der Waals surface area contributed by atoms with Crippen molar-refractivity contribution in [3.05, 3.63) is 30.1 Å². The van der Waals surface area contributed by atoms with Crippen molar-refractivity contribution < 1.29 is 24.6 Å². The molecule has 1 rings (SSSR count). The van der Waals surface area contributed by atoms with Gasteiger partial charge in [0.1, 0.15) is 6.54 Å². The molecule has 7 heteroatoms.